The minimum atomic E-state index is -2.90. The van der Waals surface area contributed by atoms with E-state index < -0.39 is 9.84 Å². The zero-order chi connectivity index (χ0) is 20.7. The molecule has 30 heavy (non-hydrogen) atoms. The fourth-order valence-corrected chi connectivity index (χ4v) is 6.90. The summed E-state index contributed by atoms with van der Waals surface area (Å²) in [4.78, 5) is 11.2. The maximum Gasteiger partial charge on any atom is 0.281 e. The lowest BCUT2D eigenvalue weighted by atomic mass is 9.92. The van der Waals surface area contributed by atoms with Crippen LogP contribution in [0.5, 0.6) is 10.9 Å². The molecule has 3 aromatic rings. The van der Waals surface area contributed by atoms with Crippen LogP contribution in [0.3, 0.4) is 0 Å². The Morgan fingerprint density at radius 1 is 1.13 bits per heavy atom. The first-order chi connectivity index (χ1) is 14.4. The van der Waals surface area contributed by atoms with Crippen molar-refractivity contribution in [3.63, 3.8) is 0 Å². The van der Waals surface area contributed by atoms with Crippen molar-refractivity contribution >= 4 is 31.5 Å². The molecule has 5 rings (SSSR count). The first-order valence-corrected chi connectivity index (χ1v) is 13.2. The van der Waals surface area contributed by atoms with Gasteiger partial charge in [0.15, 0.2) is 5.65 Å². The number of ether oxygens (including phenoxy) is 1. The second-order valence-electron chi connectivity index (χ2n) is 8.54. The van der Waals surface area contributed by atoms with Gasteiger partial charge in [0.05, 0.1) is 10.5 Å². The van der Waals surface area contributed by atoms with Gasteiger partial charge in [0.25, 0.3) is 5.19 Å². The lowest BCUT2D eigenvalue weighted by molar-refractivity contribution is 0.103. The van der Waals surface area contributed by atoms with Crippen LogP contribution in [0.15, 0.2) is 42.6 Å². The van der Waals surface area contributed by atoms with Crippen molar-refractivity contribution in [1.29, 1.82) is 0 Å². The highest BCUT2D eigenvalue weighted by atomic mass is 32.2. The molecule has 4 heterocycles. The molecule has 0 saturated carbocycles. The minimum Gasteiger partial charge on any atom is -0.431 e. The van der Waals surface area contributed by atoms with Gasteiger partial charge in [-0.15, -0.1) is 0 Å². The second-order valence-corrected chi connectivity index (χ2v) is 11.7. The SMILES string of the molecule is CS(=O)(=O)CC1CC2CC[C@H](C1)N2Cc1ccc(Oc2nc3ncccc3s2)cc1. The Kier molecular flexibility index (Phi) is 5.24. The number of hydrogen-bond donors (Lipinski definition) is 0. The number of hydrogen-bond acceptors (Lipinski definition) is 7. The van der Waals surface area contributed by atoms with E-state index in [2.05, 4.69) is 27.0 Å². The summed E-state index contributed by atoms with van der Waals surface area (Å²) < 4.78 is 30.3. The van der Waals surface area contributed by atoms with Gasteiger partial charge in [-0.05, 0) is 61.4 Å². The zero-order valence-corrected chi connectivity index (χ0v) is 18.5. The van der Waals surface area contributed by atoms with Crippen molar-refractivity contribution in [3.8, 4) is 10.9 Å². The van der Waals surface area contributed by atoms with Gasteiger partial charge in [0, 0.05) is 31.1 Å². The Hall–Kier alpha value is -2.03. The molecule has 0 N–H and O–H groups in total. The van der Waals surface area contributed by atoms with Crippen LogP contribution in [-0.4, -0.2) is 47.4 Å². The highest BCUT2D eigenvalue weighted by molar-refractivity contribution is 7.90. The van der Waals surface area contributed by atoms with Gasteiger partial charge in [0.2, 0.25) is 0 Å². The highest BCUT2D eigenvalue weighted by Gasteiger charge is 2.41. The lowest BCUT2D eigenvalue weighted by Gasteiger charge is -2.38. The van der Waals surface area contributed by atoms with Crippen LogP contribution in [0.2, 0.25) is 0 Å². The van der Waals surface area contributed by atoms with Crippen molar-refractivity contribution < 1.29 is 13.2 Å². The van der Waals surface area contributed by atoms with Gasteiger partial charge in [-0.25, -0.2) is 13.4 Å². The molecular formula is C22H25N3O3S2. The zero-order valence-electron chi connectivity index (χ0n) is 16.9. The van der Waals surface area contributed by atoms with E-state index in [1.807, 2.05) is 24.3 Å². The molecule has 6 nitrogen and oxygen atoms in total. The topological polar surface area (TPSA) is 72.4 Å². The van der Waals surface area contributed by atoms with Gasteiger partial charge in [-0.3, -0.25) is 4.90 Å². The van der Waals surface area contributed by atoms with Crippen LogP contribution < -0.4 is 4.74 Å². The Labute approximate surface area is 180 Å². The van der Waals surface area contributed by atoms with Crippen LogP contribution in [-0.2, 0) is 16.4 Å². The lowest BCUT2D eigenvalue weighted by Crippen LogP contribution is -2.43. The van der Waals surface area contributed by atoms with Crippen LogP contribution in [0, 0.1) is 5.92 Å². The van der Waals surface area contributed by atoms with E-state index in [9.17, 15) is 8.42 Å². The quantitative estimate of drug-likeness (QED) is 0.566. The highest BCUT2D eigenvalue weighted by Crippen LogP contribution is 2.40. The number of thiazole rings is 1. The second kappa shape index (κ2) is 7.90. The number of fused-ring (bicyclic) bond motifs is 3. The van der Waals surface area contributed by atoms with Crippen LogP contribution in [0.1, 0.15) is 31.2 Å². The number of benzene rings is 1. The molecule has 2 aliphatic rings. The molecule has 2 bridgehead atoms. The van der Waals surface area contributed by atoms with Gasteiger partial charge >= 0.3 is 0 Å². The standard InChI is InChI=1S/C22H25N3O3S2/c1-30(26,27)14-16-11-17-6-7-18(12-16)25(17)13-15-4-8-19(9-5-15)28-22-24-21-20(29-22)3-2-10-23-21/h2-5,8-10,16-18H,6-7,11-14H2,1H3/t16?,17-,18?/m1/s1. The summed E-state index contributed by atoms with van der Waals surface area (Å²) in [5.74, 6) is 1.42. The van der Waals surface area contributed by atoms with E-state index in [4.69, 9.17) is 4.74 Å². The van der Waals surface area contributed by atoms with E-state index in [1.165, 1.54) is 36.0 Å². The predicted molar refractivity (Wildman–Crippen MR) is 119 cm³/mol. The van der Waals surface area contributed by atoms with Gasteiger partial charge in [-0.1, -0.05) is 23.5 Å². The summed E-state index contributed by atoms with van der Waals surface area (Å²) in [6.07, 6.45) is 7.44. The maximum absolute atomic E-state index is 11.7. The third-order valence-corrected chi connectivity index (χ3v) is 8.12. The number of pyridine rings is 1. The summed E-state index contributed by atoms with van der Waals surface area (Å²) in [5.41, 5.74) is 1.97. The van der Waals surface area contributed by atoms with Crippen molar-refractivity contribution in [2.24, 2.45) is 5.92 Å². The van der Waals surface area contributed by atoms with Crippen LogP contribution in [0.25, 0.3) is 10.3 Å². The number of aromatic nitrogens is 2. The van der Waals surface area contributed by atoms with Crippen molar-refractivity contribution in [2.45, 2.75) is 44.3 Å². The summed E-state index contributed by atoms with van der Waals surface area (Å²) in [5, 5.41) is 0.599. The molecule has 0 spiro atoms. The van der Waals surface area contributed by atoms with Crippen molar-refractivity contribution in [3.05, 3.63) is 48.2 Å². The largest absolute Gasteiger partial charge is 0.431 e. The molecule has 2 aromatic heterocycles. The average Bonchev–Trinajstić information content (AvgIpc) is 3.19. The molecule has 0 aliphatic carbocycles. The molecular weight excluding hydrogens is 418 g/mol. The molecule has 8 heteroatoms. The van der Waals surface area contributed by atoms with Crippen LogP contribution in [0.4, 0.5) is 0 Å². The first-order valence-electron chi connectivity index (χ1n) is 10.3. The fraction of sp³-hybridized carbons (Fsp3) is 0.455. The van der Waals surface area contributed by atoms with Crippen LogP contribution >= 0.6 is 11.3 Å². The first kappa shape index (κ1) is 19.9. The Morgan fingerprint density at radius 2 is 1.87 bits per heavy atom. The third-order valence-electron chi connectivity index (χ3n) is 6.16. The number of piperidine rings is 1. The third kappa shape index (κ3) is 4.36. The average molecular weight is 444 g/mol. The van der Waals surface area contributed by atoms with E-state index in [0.717, 1.165) is 29.8 Å². The number of rotatable bonds is 6. The summed E-state index contributed by atoms with van der Waals surface area (Å²) in [7, 11) is -2.90. The Morgan fingerprint density at radius 3 is 2.53 bits per heavy atom. The molecule has 0 amide bonds. The number of nitrogens with zero attached hydrogens (tertiary/aromatic N) is 3. The fourth-order valence-electron chi connectivity index (χ4n) is 4.98. The molecule has 2 unspecified atom stereocenters. The van der Waals surface area contributed by atoms with E-state index >= 15 is 0 Å². The number of sulfone groups is 1. The van der Waals surface area contributed by atoms with Gasteiger partial charge in [-0.2, -0.15) is 4.98 Å². The van der Waals surface area contributed by atoms with Gasteiger partial charge < -0.3 is 4.74 Å². The van der Waals surface area contributed by atoms with E-state index in [0.29, 0.717) is 34.6 Å². The molecule has 1 aromatic carbocycles. The van der Waals surface area contributed by atoms with Crippen molar-refractivity contribution in [1.82, 2.24) is 14.9 Å². The summed E-state index contributed by atoms with van der Waals surface area (Å²) >= 11 is 1.49. The maximum atomic E-state index is 11.7. The monoisotopic (exact) mass is 443 g/mol. The van der Waals surface area contributed by atoms with E-state index in [1.54, 1.807) is 6.20 Å². The summed E-state index contributed by atoms with van der Waals surface area (Å²) in [6, 6.07) is 13.1. The predicted octanol–water partition coefficient (Wildman–Crippen LogP) is 4.27. The Bertz CT molecular complexity index is 1100. The Balaban J connectivity index is 1.22. The van der Waals surface area contributed by atoms with E-state index in [-0.39, 0.29) is 0 Å². The molecule has 2 aliphatic heterocycles. The molecule has 2 fully saturated rings. The van der Waals surface area contributed by atoms with Gasteiger partial charge in [0.1, 0.15) is 15.6 Å². The normalized spacial score (nSPS) is 24.4. The van der Waals surface area contributed by atoms with Crippen molar-refractivity contribution in [2.75, 3.05) is 12.0 Å². The molecule has 158 valence electrons. The minimum absolute atomic E-state index is 0.313. The smallest absolute Gasteiger partial charge is 0.281 e. The summed E-state index contributed by atoms with van der Waals surface area (Å²) in [6.45, 7) is 0.909. The molecule has 3 atom stereocenters. The molecule has 2 saturated heterocycles. The molecule has 0 radical (unpaired) electrons.